The van der Waals surface area contributed by atoms with Crippen LogP contribution in [0.1, 0.15) is 31.7 Å². The number of fused-ring (bicyclic) bond motifs is 1. The van der Waals surface area contributed by atoms with Crippen molar-refractivity contribution in [1.82, 2.24) is 9.80 Å². The van der Waals surface area contributed by atoms with Gasteiger partial charge in [0, 0.05) is 31.9 Å². The molecule has 0 spiro atoms. The van der Waals surface area contributed by atoms with Gasteiger partial charge in [0.25, 0.3) is 0 Å². The molecule has 1 N–H and O–H groups in total. The van der Waals surface area contributed by atoms with Crippen molar-refractivity contribution in [2.75, 3.05) is 32.1 Å². The number of para-hydroxylation sites is 1. The number of benzene rings is 1. The quantitative estimate of drug-likeness (QED) is 0.914. The van der Waals surface area contributed by atoms with Crippen LogP contribution in [0.5, 0.6) is 0 Å². The van der Waals surface area contributed by atoms with Crippen LogP contribution in [0, 0.1) is 0 Å². The predicted molar refractivity (Wildman–Crippen MR) is 96.6 cm³/mol. The fourth-order valence-electron chi connectivity index (χ4n) is 3.81. The molecule has 0 aliphatic carbocycles. The third kappa shape index (κ3) is 3.95. The summed E-state index contributed by atoms with van der Waals surface area (Å²) < 4.78 is 5.08. The Balaban J connectivity index is 1.58. The summed E-state index contributed by atoms with van der Waals surface area (Å²) in [5, 5.41) is 3.07. The van der Waals surface area contributed by atoms with Crippen LogP contribution in [0.3, 0.4) is 0 Å². The van der Waals surface area contributed by atoms with Crippen molar-refractivity contribution in [3.63, 3.8) is 0 Å². The summed E-state index contributed by atoms with van der Waals surface area (Å²) in [4.78, 5) is 28.5. The van der Waals surface area contributed by atoms with E-state index in [-0.39, 0.29) is 24.1 Å². The number of carbonyl (C=O) groups excluding carboxylic acids is 2. The van der Waals surface area contributed by atoms with Crippen LogP contribution in [0.4, 0.5) is 10.5 Å². The van der Waals surface area contributed by atoms with Gasteiger partial charge in [-0.05, 0) is 44.2 Å². The first-order valence-electron chi connectivity index (χ1n) is 9.12. The molecule has 2 amide bonds. The molecule has 0 aromatic heterocycles. The average Bonchev–Trinajstić information content (AvgIpc) is 2.79. The van der Waals surface area contributed by atoms with Crippen LogP contribution in [0.15, 0.2) is 24.3 Å². The molecule has 0 saturated carbocycles. The van der Waals surface area contributed by atoms with Gasteiger partial charge in [0.2, 0.25) is 5.91 Å². The molecular formula is C19H27N3O3. The van der Waals surface area contributed by atoms with Crippen LogP contribution in [0.2, 0.25) is 0 Å². The SMILES string of the molecule is CCOC(=O)N(C)C1CCN(C2CCc3ccccc3NC2=O)CC1. The zero-order valence-electron chi connectivity index (χ0n) is 15.0. The number of nitrogens with one attached hydrogen (secondary N) is 1. The number of piperidine rings is 1. The van der Waals surface area contributed by atoms with Crippen molar-refractivity contribution >= 4 is 17.7 Å². The Labute approximate surface area is 149 Å². The zero-order valence-corrected chi connectivity index (χ0v) is 15.0. The lowest BCUT2D eigenvalue weighted by Crippen LogP contribution is -2.51. The Kier molecular flexibility index (Phi) is 5.58. The molecule has 1 fully saturated rings. The van der Waals surface area contributed by atoms with Crippen molar-refractivity contribution < 1.29 is 14.3 Å². The summed E-state index contributed by atoms with van der Waals surface area (Å²) in [7, 11) is 1.80. The highest BCUT2D eigenvalue weighted by Gasteiger charge is 2.33. The standard InChI is InChI=1S/C19H27N3O3/c1-3-25-19(24)21(2)15-10-12-22(13-11-15)17-9-8-14-6-4-5-7-16(14)20-18(17)23/h4-7,15,17H,3,8-13H2,1-2H3,(H,20,23). The molecule has 1 unspecified atom stereocenters. The van der Waals surface area contributed by atoms with E-state index in [9.17, 15) is 9.59 Å². The number of aryl methyl sites for hydroxylation is 1. The molecule has 1 aromatic rings. The van der Waals surface area contributed by atoms with Gasteiger partial charge in [0.15, 0.2) is 0 Å². The largest absolute Gasteiger partial charge is 0.450 e. The van der Waals surface area contributed by atoms with Gasteiger partial charge < -0.3 is 15.0 Å². The lowest BCUT2D eigenvalue weighted by Gasteiger charge is -2.39. The van der Waals surface area contributed by atoms with Gasteiger partial charge in [-0.1, -0.05) is 18.2 Å². The lowest BCUT2D eigenvalue weighted by molar-refractivity contribution is -0.122. The minimum Gasteiger partial charge on any atom is -0.450 e. The topological polar surface area (TPSA) is 61.9 Å². The Hall–Kier alpha value is -2.08. The van der Waals surface area contributed by atoms with Gasteiger partial charge in [-0.25, -0.2) is 4.79 Å². The first-order valence-corrected chi connectivity index (χ1v) is 9.12. The second-order valence-electron chi connectivity index (χ2n) is 6.78. The van der Waals surface area contributed by atoms with Crippen LogP contribution in [-0.2, 0) is 16.0 Å². The highest BCUT2D eigenvalue weighted by Crippen LogP contribution is 2.26. The highest BCUT2D eigenvalue weighted by molar-refractivity contribution is 5.96. The third-order valence-corrected chi connectivity index (χ3v) is 5.31. The Bertz CT molecular complexity index is 626. The molecular weight excluding hydrogens is 318 g/mol. The first kappa shape index (κ1) is 17.7. The Morgan fingerprint density at radius 3 is 2.72 bits per heavy atom. The fraction of sp³-hybridized carbons (Fsp3) is 0.579. The number of anilines is 1. The van der Waals surface area contributed by atoms with Gasteiger partial charge in [-0.2, -0.15) is 0 Å². The van der Waals surface area contributed by atoms with E-state index in [0.29, 0.717) is 6.61 Å². The van der Waals surface area contributed by atoms with E-state index >= 15 is 0 Å². The third-order valence-electron chi connectivity index (χ3n) is 5.31. The van der Waals surface area contributed by atoms with E-state index in [0.717, 1.165) is 44.5 Å². The summed E-state index contributed by atoms with van der Waals surface area (Å²) in [6.45, 7) is 3.85. The smallest absolute Gasteiger partial charge is 0.409 e. The van der Waals surface area contributed by atoms with Crippen LogP contribution >= 0.6 is 0 Å². The van der Waals surface area contributed by atoms with E-state index in [1.807, 2.05) is 25.1 Å². The number of likely N-dealkylation sites (tertiary alicyclic amines) is 1. The molecule has 0 bridgehead atoms. The van der Waals surface area contributed by atoms with Crippen molar-refractivity contribution in [1.29, 1.82) is 0 Å². The highest BCUT2D eigenvalue weighted by atomic mass is 16.6. The normalized spacial score (nSPS) is 21.8. The molecule has 3 rings (SSSR count). The predicted octanol–water partition coefficient (Wildman–Crippen LogP) is 2.49. The molecule has 0 radical (unpaired) electrons. The zero-order chi connectivity index (χ0) is 17.8. The molecule has 6 nitrogen and oxygen atoms in total. The molecule has 2 aliphatic rings. The summed E-state index contributed by atoms with van der Waals surface area (Å²) >= 11 is 0. The molecule has 1 aromatic carbocycles. The van der Waals surface area contributed by atoms with E-state index in [1.165, 1.54) is 5.56 Å². The van der Waals surface area contributed by atoms with Crippen molar-refractivity contribution in [3.05, 3.63) is 29.8 Å². The van der Waals surface area contributed by atoms with Gasteiger partial charge in [0.1, 0.15) is 0 Å². The molecule has 1 atom stereocenters. The molecule has 2 heterocycles. The van der Waals surface area contributed by atoms with Gasteiger partial charge in [-0.15, -0.1) is 0 Å². The molecule has 1 saturated heterocycles. The van der Waals surface area contributed by atoms with Gasteiger partial charge in [0.05, 0.1) is 12.6 Å². The first-order chi connectivity index (χ1) is 12.1. The monoisotopic (exact) mass is 345 g/mol. The maximum atomic E-state index is 12.6. The van der Waals surface area contributed by atoms with Crippen molar-refractivity contribution in [3.8, 4) is 0 Å². The lowest BCUT2D eigenvalue weighted by atomic mass is 9.99. The maximum Gasteiger partial charge on any atom is 0.409 e. The van der Waals surface area contributed by atoms with E-state index in [2.05, 4.69) is 16.3 Å². The summed E-state index contributed by atoms with van der Waals surface area (Å²) in [6.07, 6.45) is 3.21. The number of nitrogens with zero attached hydrogens (tertiary/aromatic N) is 2. The second kappa shape index (κ2) is 7.87. The molecule has 2 aliphatic heterocycles. The van der Waals surface area contributed by atoms with E-state index < -0.39 is 0 Å². The van der Waals surface area contributed by atoms with Crippen molar-refractivity contribution in [2.45, 2.75) is 44.7 Å². The minimum absolute atomic E-state index is 0.0853. The van der Waals surface area contributed by atoms with E-state index in [1.54, 1.807) is 11.9 Å². The number of amides is 2. The maximum absolute atomic E-state index is 12.6. The summed E-state index contributed by atoms with van der Waals surface area (Å²) in [6, 6.07) is 8.11. The number of hydrogen-bond acceptors (Lipinski definition) is 4. The van der Waals surface area contributed by atoms with Crippen LogP contribution < -0.4 is 5.32 Å². The average molecular weight is 345 g/mol. The number of ether oxygens (including phenoxy) is 1. The fourth-order valence-corrected chi connectivity index (χ4v) is 3.81. The number of carbonyl (C=O) groups is 2. The van der Waals surface area contributed by atoms with Gasteiger partial charge in [-0.3, -0.25) is 9.69 Å². The molecule has 6 heteroatoms. The second-order valence-corrected chi connectivity index (χ2v) is 6.78. The number of rotatable bonds is 3. The van der Waals surface area contributed by atoms with Crippen LogP contribution in [-0.4, -0.2) is 60.6 Å². The summed E-state index contributed by atoms with van der Waals surface area (Å²) in [5.41, 5.74) is 2.14. The molecule has 136 valence electrons. The summed E-state index contributed by atoms with van der Waals surface area (Å²) in [5.74, 6) is 0.0853. The van der Waals surface area contributed by atoms with Gasteiger partial charge >= 0.3 is 6.09 Å². The van der Waals surface area contributed by atoms with Crippen molar-refractivity contribution in [2.24, 2.45) is 0 Å². The Morgan fingerprint density at radius 2 is 2.00 bits per heavy atom. The van der Waals surface area contributed by atoms with E-state index in [4.69, 9.17) is 4.74 Å². The van der Waals surface area contributed by atoms with Crippen LogP contribution in [0.25, 0.3) is 0 Å². The molecule has 25 heavy (non-hydrogen) atoms. The minimum atomic E-state index is -0.261. The Morgan fingerprint density at radius 1 is 1.28 bits per heavy atom. The number of hydrogen-bond donors (Lipinski definition) is 1.